The van der Waals surface area contributed by atoms with E-state index < -0.39 is 5.60 Å². The third kappa shape index (κ3) is 5.24. The molecule has 144 valence electrons. The predicted octanol–water partition coefficient (Wildman–Crippen LogP) is 4.34. The third-order valence-corrected chi connectivity index (χ3v) is 5.35. The largest absolute Gasteiger partial charge is 0.491 e. The number of amides is 1. The first kappa shape index (κ1) is 19.7. The first-order chi connectivity index (χ1) is 13.0. The summed E-state index contributed by atoms with van der Waals surface area (Å²) in [6, 6.07) is 14.9. The zero-order valence-electron chi connectivity index (χ0n) is 15.7. The van der Waals surface area contributed by atoms with Crippen molar-refractivity contribution in [2.45, 2.75) is 38.2 Å². The van der Waals surface area contributed by atoms with Crippen molar-refractivity contribution < 1.29 is 14.6 Å². The van der Waals surface area contributed by atoms with E-state index in [2.05, 4.69) is 6.92 Å². The molecule has 0 spiro atoms. The Hall–Kier alpha value is -2.04. The highest BCUT2D eigenvalue weighted by molar-refractivity contribution is 6.30. The summed E-state index contributed by atoms with van der Waals surface area (Å²) in [5, 5.41) is 11.5. The van der Waals surface area contributed by atoms with Gasteiger partial charge in [0.2, 0.25) is 0 Å². The minimum atomic E-state index is -0.941. The summed E-state index contributed by atoms with van der Waals surface area (Å²) >= 11 is 5.97. The number of ether oxygens (including phenoxy) is 1. The summed E-state index contributed by atoms with van der Waals surface area (Å²) < 4.78 is 5.75. The van der Waals surface area contributed by atoms with Crippen molar-refractivity contribution in [3.05, 3.63) is 64.7 Å². The van der Waals surface area contributed by atoms with E-state index in [9.17, 15) is 9.90 Å². The number of hydrogen-bond donors (Lipinski definition) is 1. The van der Waals surface area contributed by atoms with Crippen LogP contribution in [0.5, 0.6) is 5.75 Å². The second-order valence-electron chi connectivity index (χ2n) is 7.17. The van der Waals surface area contributed by atoms with Crippen LogP contribution in [0.3, 0.4) is 0 Å². The van der Waals surface area contributed by atoms with Gasteiger partial charge in [-0.15, -0.1) is 0 Å². The fourth-order valence-corrected chi connectivity index (χ4v) is 3.55. The molecule has 1 amide bonds. The van der Waals surface area contributed by atoms with Crippen molar-refractivity contribution in [1.29, 1.82) is 0 Å². The number of aliphatic hydroxyl groups is 1. The van der Waals surface area contributed by atoms with Crippen LogP contribution in [0.25, 0.3) is 0 Å². The SMILES string of the molecule is CCc1ccc(C(=O)N2CCCC(O)(COc3cccc(Cl)c3)CC2)cc1. The van der Waals surface area contributed by atoms with Crippen LogP contribution >= 0.6 is 11.6 Å². The Kier molecular flexibility index (Phi) is 6.40. The van der Waals surface area contributed by atoms with Crippen LogP contribution in [0.15, 0.2) is 48.5 Å². The van der Waals surface area contributed by atoms with Crippen LogP contribution in [0.2, 0.25) is 5.02 Å². The molecule has 5 heteroatoms. The molecule has 1 aliphatic heterocycles. The van der Waals surface area contributed by atoms with Crippen LogP contribution in [0.1, 0.15) is 42.1 Å². The second kappa shape index (κ2) is 8.77. The van der Waals surface area contributed by atoms with Crippen LogP contribution in [-0.2, 0) is 6.42 Å². The van der Waals surface area contributed by atoms with E-state index in [1.165, 1.54) is 5.56 Å². The van der Waals surface area contributed by atoms with E-state index in [-0.39, 0.29) is 12.5 Å². The Morgan fingerprint density at radius 2 is 1.96 bits per heavy atom. The summed E-state index contributed by atoms with van der Waals surface area (Å²) in [6.07, 6.45) is 2.80. The molecule has 1 N–H and O–H groups in total. The van der Waals surface area contributed by atoms with Gasteiger partial charge in [-0.2, -0.15) is 0 Å². The van der Waals surface area contributed by atoms with Gasteiger partial charge in [0, 0.05) is 23.7 Å². The average molecular weight is 388 g/mol. The molecule has 1 unspecified atom stereocenters. The molecular weight excluding hydrogens is 362 g/mol. The molecule has 0 aromatic heterocycles. The molecule has 27 heavy (non-hydrogen) atoms. The fourth-order valence-electron chi connectivity index (χ4n) is 3.37. The number of carbonyl (C=O) groups excluding carboxylic acids is 1. The number of hydrogen-bond acceptors (Lipinski definition) is 3. The monoisotopic (exact) mass is 387 g/mol. The lowest BCUT2D eigenvalue weighted by molar-refractivity contribution is -0.0163. The second-order valence-corrected chi connectivity index (χ2v) is 7.60. The lowest BCUT2D eigenvalue weighted by Gasteiger charge is -2.27. The summed E-state index contributed by atoms with van der Waals surface area (Å²) in [6.45, 7) is 3.45. The van der Waals surface area contributed by atoms with Gasteiger partial charge in [-0.3, -0.25) is 4.79 Å². The van der Waals surface area contributed by atoms with Crippen molar-refractivity contribution in [3.63, 3.8) is 0 Å². The quantitative estimate of drug-likeness (QED) is 0.830. The maximum absolute atomic E-state index is 12.8. The van der Waals surface area contributed by atoms with Gasteiger partial charge >= 0.3 is 0 Å². The molecule has 1 aliphatic rings. The lowest BCUT2D eigenvalue weighted by atomic mass is 9.96. The number of rotatable bonds is 5. The topological polar surface area (TPSA) is 49.8 Å². The van der Waals surface area contributed by atoms with E-state index in [1.807, 2.05) is 41.3 Å². The maximum atomic E-state index is 12.8. The highest BCUT2D eigenvalue weighted by atomic mass is 35.5. The highest BCUT2D eigenvalue weighted by Gasteiger charge is 2.32. The van der Waals surface area contributed by atoms with E-state index in [0.29, 0.717) is 42.3 Å². The number of halogens is 1. The summed E-state index contributed by atoms with van der Waals surface area (Å²) in [4.78, 5) is 14.6. The third-order valence-electron chi connectivity index (χ3n) is 5.12. The normalized spacial score (nSPS) is 20.2. The summed E-state index contributed by atoms with van der Waals surface area (Å²) in [5.74, 6) is 0.668. The summed E-state index contributed by atoms with van der Waals surface area (Å²) in [5.41, 5.74) is 0.978. The van der Waals surface area contributed by atoms with Crippen molar-refractivity contribution >= 4 is 17.5 Å². The summed E-state index contributed by atoms with van der Waals surface area (Å²) in [7, 11) is 0. The zero-order valence-corrected chi connectivity index (χ0v) is 16.4. The molecule has 4 nitrogen and oxygen atoms in total. The smallest absolute Gasteiger partial charge is 0.253 e. The van der Waals surface area contributed by atoms with Gasteiger partial charge in [-0.25, -0.2) is 0 Å². The Labute approximate surface area is 165 Å². The van der Waals surface area contributed by atoms with E-state index >= 15 is 0 Å². The molecule has 1 saturated heterocycles. The van der Waals surface area contributed by atoms with Crippen LogP contribution in [-0.4, -0.2) is 41.2 Å². The van der Waals surface area contributed by atoms with Gasteiger partial charge in [-0.1, -0.05) is 36.7 Å². The molecule has 0 saturated carbocycles. The van der Waals surface area contributed by atoms with Gasteiger partial charge in [-0.05, 0) is 61.6 Å². The Bertz CT molecular complexity index is 777. The lowest BCUT2D eigenvalue weighted by Crippen LogP contribution is -2.38. The van der Waals surface area contributed by atoms with Crippen LogP contribution < -0.4 is 4.74 Å². The van der Waals surface area contributed by atoms with Crippen molar-refractivity contribution in [2.75, 3.05) is 19.7 Å². The van der Waals surface area contributed by atoms with Gasteiger partial charge in [0.15, 0.2) is 0 Å². The molecule has 0 aliphatic carbocycles. The molecule has 0 bridgehead atoms. The van der Waals surface area contributed by atoms with Gasteiger partial charge in [0.1, 0.15) is 18.0 Å². The maximum Gasteiger partial charge on any atom is 0.253 e. The number of benzene rings is 2. The zero-order chi connectivity index (χ0) is 19.3. The molecule has 1 heterocycles. The molecule has 0 radical (unpaired) electrons. The minimum Gasteiger partial charge on any atom is -0.491 e. The predicted molar refractivity (Wildman–Crippen MR) is 107 cm³/mol. The highest BCUT2D eigenvalue weighted by Crippen LogP contribution is 2.26. The molecular formula is C22H26ClNO3. The number of likely N-dealkylation sites (tertiary alicyclic amines) is 1. The van der Waals surface area contributed by atoms with Crippen molar-refractivity contribution in [1.82, 2.24) is 4.90 Å². The molecule has 1 fully saturated rings. The number of aryl methyl sites for hydroxylation is 1. The average Bonchev–Trinajstić information content (AvgIpc) is 2.88. The van der Waals surface area contributed by atoms with E-state index in [1.54, 1.807) is 12.1 Å². The molecule has 3 rings (SSSR count). The Morgan fingerprint density at radius 3 is 2.67 bits per heavy atom. The van der Waals surface area contributed by atoms with Gasteiger partial charge < -0.3 is 14.7 Å². The van der Waals surface area contributed by atoms with E-state index in [4.69, 9.17) is 16.3 Å². The van der Waals surface area contributed by atoms with E-state index in [0.717, 1.165) is 12.8 Å². The Balaban J connectivity index is 1.59. The van der Waals surface area contributed by atoms with Crippen LogP contribution in [0, 0.1) is 0 Å². The minimum absolute atomic E-state index is 0.0256. The standard InChI is InChI=1S/C22H26ClNO3/c1-2-17-7-9-18(10-8-17)21(25)24-13-4-11-22(26,12-14-24)16-27-20-6-3-5-19(23)15-20/h3,5-10,15,26H,2,4,11-14,16H2,1H3. The first-order valence-electron chi connectivity index (χ1n) is 9.48. The van der Waals surface area contributed by atoms with Gasteiger partial charge in [0.25, 0.3) is 5.91 Å². The molecule has 2 aromatic rings. The fraction of sp³-hybridized carbons (Fsp3) is 0.409. The van der Waals surface area contributed by atoms with Crippen molar-refractivity contribution in [2.24, 2.45) is 0 Å². The van der Waals surface area contributed by atoms with Crippen LogP contribution in [0.4, 0.5) is 0 Å². The van der Waals surface area contributed by atoms with Crippen molar-refractivity contribution in [3.8, 4) is 5.75 Å². The first-order valence-corrected chi connectivity index (χ1v) is 9.86. The number of nitrogens with zero attached hydrogens (tertiary/aromatic N) is 1. The molecule has 2 aromatic carbocycles. The number of carbonyl (C=O) groups is 1. The molecule has 1 atom stereocenters. The Morgan fingerprint density at radius 1 is 1.19 bits per heavy atom. The van der Waals surface area contributed by atoms with Gasteiger partial charge in [0.05, 0.1) is 0 Å².